The highest BCUT2D eigenvalue weighted by Gasteiger charge is 2.23. The Hall–Kier alpha value is -1.02. The highest BCUT2D eigenvalue weighted by atomic mass is 16.3. The topological polar surface area (TPSA) is 23.5 Å². The molecule has 2 nitrogen and oxygen atoms in total. The molecule has 19 heavy (non-hydrogen) atoms. The van der Waals surface area contributed by atoms with E-state index in [0.29, 0.717) is 6.04 Å². The molecule has 0 radical (unpaired) electrons. The second-order valence-corrected chi connectivity index (χ2v) is 5.59. The van der Waals surface area contributed by atoms with E-state index >= 15 is 0 Å². The van der Waals surface area contributed by atoms with Crippen molar-refractivity contribution in [3.63, 3.8) is 0 Å². The first-order valence-corrected chi connectivity index (χ1v) is 7.81. The molecule has 1 N–H and O–H groups in total. The van der Waals surface area contributed by atoms with Crippen LogP contribution in [0, 0.1) is 0 Å². The van der Waals surface area contributed by atoms with Gasteiger partial charge in [-0.05, 0) is 31.7 Å². The van der Waals surface area contributed by atoms with Gasteiger partial charge in [-0.2, -0.15) is 0 Å². The number of rotatable bonds is 4. The highest BCUT2D eigenvalue weighted by Crippen LogP contribution is 2.32. The van der Waals surface area contributed by atoms with Gasteiger partial charge in [0.2, 0.25) is 0 Å². The largest absolute Gasteiger partial charge is 0.388 e. The number of benzene rings is 1. The maximum atomic E-state index is 10.2. The molecule has 106 valence electrons. The van der Waals surface area contributed by atoms with E-state index in [1.54, 1.807) is 0 Å². The van der Waals surface area contributed by atoms with Crippen molar-refractivity contribution in [3.05, 3.63) is 29.8 Å². The Morgan fingerprint density at radius 2 is 2.00 bits per heavy atom. The lowest BCUT2D eigenvalue weighted by atomic mass is 10.0. The molecule has 1 aromatic carbocycles. The quantitative estimate of drug-likeness (QED) is 0.874. The van der Waals surface area contributed by atoms with Gasteiger partial charge < -0.3 is 10.0 Å². The van der Waals surface area contributed by atoms with Crippen molar-refractivity contribution in [1.29, 1.82) is 0 Å². The number of anilines is 1. The summed E-state index contributed by atoms with van der Waals surface area (Å²) in [4.78, 5) is 2.54. The average Bonchev–Trinajstić information content (AvgIpc) is 2.71. The predicted molar refractivity (Wildman–Crippen MR) is 81.6 cm³/mol. The summed E-state index contributed by atoms with van der Waals surface area (Å²) in [5.41, 5.74) is 2.36. The lowest BCUT2D eigenvalue weighted by molar-refractivity contribution is 0.174. The molecule has 1 saturated heterocycles. The van der Waals surface area contributed by atoms with Crippen molar-refractivity contribution >= 4 is 5.69 Å². The lowest BCUT2D eigenvalue weighted by Gasteiger charge is -2.34. The summed E-state index contributed by atoms with van der Waals surface area (Å²) in [6, 6.07) is 9.03. The van der Waals surface area contributed by atoms with Gasteiger partial charge in [-0.25, -0.2) is 0 Å². The van der Waals surface area contributed by atoms with Gasteiger partial charge in [0.15, 0.2) is 0 Å². The second-order valence-electron chi connectivity index (χ2n) is 5.59. The molecule has 2 rings (SSSR count). The Labute approximate surface area is 117 Å². The van der Waals surface area contributed by atoms with E-state index in [1.807, 2.05) is 13.0 Å². The molecule has 0 aliphatic carbocycles. The Kier molecular flexibility index (Phi) is 5.26. The summed E-state index contributed by atoms with van der Waals surface area (Å²) in [6.07, 6.45) is 6.87. The number of hydrogen-bond acceptors (Lipinski definition) is 2. The van der Waals surface area contributed by atoms with Gasteiger partial charge >= 0.3 is 0 Å². The van der Waals surface area contributed by atoms with E-state index in [9.17, 15) is 5.11 Å². The zero-order chi connectivity index (χ0) is 13.7. The summed E-state index contributed by atoms with van der Waals surface area (Å²) >= 11 is 0. The number of para-hydroxylation sites is 1. The van der Waals surface area contributed by atoms with Gasteiger partial charge in [0.25, 0.3) is 0 Å². The van der Waals surface area contributed by atoms with Gasteiger partial charge in [-0.1, -0.05) is 44.9 Å². The van der Waals surface area contributed by atoms with E-state index < -0.39 is 0 Å². The van der Waals surface area contributed by atoms with Crippen molar-refractivity contribution in [1.82, 2.24) is 0 Å². The number of hydrogen-bond donors (Lipinski definition) is 1. The van der Waals surface area contributed by atoms with Crippen LogP contribution >= 0.6 is 0 Å². The van der Waals surface area contributed by atoms with Gasteiger partial charge in [0.1, 0.15) is 0 Å². The summed E-state index contributed by atoms with van der Waals surface area (Å²) in [5, 5.41) is 10.2. The summed E-state index contributed by atoms with van der Waals surface area (Å²) in [6.45, 7) is 5.45. The van der Waals surface area contributed by atoms with E-state index in [1.165, 1.54) is 37.8 Å². The first-order valence-electron chi connectivity index (χ1n) is 7.81. The molecule has 1 aliphatic heterocycles. The minimum atomic E-state index is -0.336. The smallest absolute Gasteiger partial charge is 0.0807 e. The van der Waals surface area contributed by atoms with Crippen LogP contribution in [0.25, 0.3) is 0 Å². The first-order chi connectivity index (χ1) is 9.27. The standard InChI is InChI=1S/C17H27NO/c1-3-14-10-6-5-9-13-18(14)16-12-8-7-11-15(16)17(19)4-2/h7-8,11-12,14,17,19H,3-6,9-10,13H2,1-2H3/t14?,17-/m0/s1. The van der Waals surface area contributed by atoms with Crippen LogP contribution in [0.15, 0.2) is 24.3 Å². The summed E-state index contributed by atoms with van der Waals surface area (Å²) in [7, 11) is 0. The molecule has 1 unspecified atom stereocenters. The third kappa shape index (κ3) is 3.30. The maximum absolute atomic E-state index is 10.2. The summed E-state index contributed by atoms with van der Waals surface area (Å²) < 4.78 is 0. The maximum Gasteiger partial charge on any atom is 0.0807 e. The molecular weight excluding hydrogens is 234 g/mol. The van der Waals surface area contributed by atoms with Crippen LogP contribution in [0.3, 0.4) is 0 Å². The van der Waals surface area contributed by atoms with Crippen molar-refractivity contribution in [3.8, 4) is 0 Å². The fraction of sp³-hybridized carbons (Fsp3) is 0.647. The fourth-order valence-electron chi connectivity index (χ4n) is 3.17. The third-order valence-corrected chi connectivity index (χ3v) is 4.34. The van der Waals surface area contributed by atoms with Crippen LogP contribution < -0.4 is 4.90 Å². The Balaban J connectivity index is 2.32. The van der Waals surface area contributed by atoms with E-state index in [-0.39, 0.29) is 6.10 Å². The number of nitrogens with zero attached hydrogens (tertiary/aromatic N) is 1. The monoisotopic (exact) mass is 261 g/mol. The van der Waals surface area contributed by atoms with E-state index in [0.717, 1.165) is 18.5 Å². The van der Waals surface area contributed by atoms with Crippen LogP contribution in [-0.4, -0.2) is 17.7 Å². The van der Waals surface area contributed by atoms with Crippen molar-refractivity contribution in [2.75, 3.05) is 11.4 Å². The normalized spacial score (nSPS) is 22.1. The van der Waals surface area contributed by atoms with Crippen molar-refractivity contribution in [2.45, 2.75) is 64.5 Å². The van der Waals surface area contributed by atoms with Gasteiger partial charge in [0, 0.05) is 23.8 Å². The van der Waals surface area contributed by atoms with E-state index in [4.69, 9.17) is 0 Å². The SMILES string of the molecule is CCC1CCCCCN1c1ccccc1[C@@H](O)CC. The first kappa shape index (κ1) is 14.4. The van der Waals surface area contributed by atoms with Crippen LogP contribution in [0.2, 0.25) is 0 Å². The second kappa shape index (κ2) is 6.95. The van der Waals surface area contributed by atoms with E-state index in [2.05, 4.69) is 30.0 Å². The molecule has 2 heteroatoms. The Bertz CT molecular complexity index is 391. The highest BCUT2D eigenvalue weighted by molar-refractivity contribution is 5.55. The molecule has 0 amide bonds. The molecule has 2 atom stereocenters. The Morgan fingerprint density at radius 3 is 2.74 bits per heavy atom. The van der Waals surface area contributed by atoms with Gasteiger partial charge in [-0.15, -0.1) is 0 Å². The third-order valence-electron chi connectivity index (χ3n) is 4.34. The zero-order valence-electron chi connectivity index (χ0n) is 12.3. The lowest BCUT2D eigenvalue weighted by Crippen LogP contribution is -2.35. The minimum absolute atomic E-state index is 0.336. The molecule has 1 aromatic rings. The van der Waals surface area contributed by atoms with Crippen LogP contribution in [-0.2, 0) is 0 Å². The number of aliphatic hydroxyl groups excluding tert-OH is 1. The fourth-order valence-corrected chi connectivity index (χ4v) is 3.17. The van der Waals surface area contributed by atoms with Crippen LogP contribution in [0.5, 0.6) is 0 Å². The predicted octanol–water partition coefficient (Wildman–Crippen LogP) is 4.29. The minimum Gasteiger partial charge on any atom is -0.388 e. The molecule has 1 heterocycles. The molecule has 1 aliphatic rings. The van der Waals surface area contributed by atoms with Crippen molar-refractivity contribution < 1.29 is 5.11 Å². The molecule has 0 aromatic heterocycles. The van der Waals surface area contributed by atoms with Crippen LogP contribution in [0.1, 0.15) is 64.0 Å². The number of aliphatic hydroxyl groups is 1. The molecular formula is C17H27NO. The van der Waals surface area contributed by atoms with Gasteiger partial charge in [0.05, 0.1) is 6.10 Å². The molecule has 0 spiro atoms. The summed E-state index contributed by atoms with van der Waals surface area (Å²) in [5.74, 6) is 0. The van der Waals surface area contributed by atoms with Crippen LogP contribution in [0.4, 0.5) is 5.69 Å². The van der Waals surface area contributed by atoms with Crippen molar-refractivity contribution in [2.24, 2.45) is 0 Å². The van der Waals surface area contributed by atoms with Gasteiger partial charge in [-0.3, -0.25) is 0 Å². The molecule has 1 fully saturated rings. The molecule has 0 bridgehead atoms. The average molecular weight is 261 g/mol. The Morgan fingerprint density at radius 1 is 1.21 bits per heavy atom. The zero-order valence-corrected chi connectivity index (χ0v) is 12.3. The molecule has 0 saturated carbocycles.